The molecule has 1 aliphatic rings. The van der Waals surface area contributed by atoms with Crippen LogP contribution in [0.25, 0.3) is 0 Å². The Hall–Kier alpha value is -3.78. The molecular weight excluding hydrogens is 488 g/mol. The van der Waals surface area contributed by atoms with Crippen LogP contribution in [0.2, 0.25) is 0 Å². The summed E-state index contributed by atoms with van der Waals surface area (Å²) in [5.74, 6) is -2.49. The summed E-state index contributed by atoms with van der Waals surface area (Å²) in [6.07, 6.45) is 0.0689. The second kappa shape index (κ2) is 9.79. The maximum absolute atomic E-state index is 13.0. The van der Waals surface area contributed by atoms with Crippen molar-refractivity contribution >= 4 is 45.3 Å². The van der Waals surface area contributed by atoms with Crippen LogP contribution in [0, 0.1) is 0 Å². The number of ether oxygens (including phenoxy) is 1. The third-order valence-corrected chi connectivity index (χ3v) is 5.68. The Bertz CT molecular complexity index is 1180. The Morgan fingerprint density at radius 3 is 2.03 bits per heavy atom. The number of fused-ring (bicyclic) bond motifs is 1. The lowest BCUT2D eigenvalue weighted by Crippen LogP contribution is -2.47. The molecule has 0 saturated heterocycles. The largest absolute Gasteiger partial charge is 0.454 e. The van der Waals surface area contributed by atoms with Crippen LogP contribution in [-0.2, 0) is 20.7 Å². The number of halogens is 1. The van der Waals surface area contributed by atoms with Crippen molar-refractivity contribution in [3.8, 4) is 0 Å². The van der Waals surface area contributed by atoms with Gasteiger partial charge in [0.2, 0.25) is 0 Å². The van der Waals surface area contributed by atoms with Crippen molar-refractivity contribution in [2.45, 2.75) is 12.5 Å². The molecule has 0 spiro atoms. The highest BCUT2D eigenvalue weighted by Gasteiger charge is 2.43. The van der Waals surface area contributed by atoms with E-state index >= 15 is 0 Å². The first-order valence-electron chi connectivity index (χ1n) is 10.2. The summed E-state index contributed by atoms with van der Waals surface area (Å²) in [6.45, 7) is -0.552. The number of hydrogen-bond acceptors (Lipinski definition) is 5. The number of amides is 3. The molecule has 33 heavy (non-hydrogen) atoms. The van der Waals surface area contributed by atoms with E-state index in [4.69, 9.17) is 4.74 Å². The molecule has 1 N–H and O–H groups in total. The Morgan fingerprint density at radius 2 is 1.42 bits per heavy atom. The van der Waals surface area contributed by atoms with E-state index in [1.165, 1.54) is 0 Å². The topological polar surface area (TPSA) is 92.8 Å². The quantitative estimate of drug-likeness (QED) is 0.388. The number of carbonyl (C=O) groups excluding carboxylic acids is 4. The fourth-order valence-electron chi connectivity index (χ4n) is 3.57. The zero-order chi connectivity index (χ0) is 23.4. The SMILES string of the molecule is O=C(COC(=O)[C@H](Cc1ccccc1)N1C(=O)c2ccccc2C1=O)Nc1ccc(Br)cc1. The Balaban J connectivity index is 1.50. The predicted octanol–water partition coefficient (Wildman–Crippen LogP) is 3.84. The summed E-state index contributed by atoms with van der Waals surface area (Å²) in [5, 5.41) is 2.63. The Kier molecular flexibility index (Phi) is 6.65. The first-order valence-corrected chi connectivity index (χ1v) is 11.0. The van der Waals surface area contributed by atoms with Crippen LogP contribution in [-0.4, -0.2) is 41.2 Å². The number of benzene rings is 3. The van der Waals surface area contributed by atoms with Gasteiger partial charge in [-0.3, -0.25) is 19.3 Å². The van der Waals surface area contributed by atoms with Gasteiger partial charge >= 0.3 is 5.97 Å². The predicted molar refractivity (Wildman–Crippen MR) is 125 cm³/mol. The minimum Gasteiger partial charge on any atom is -0.454 e. The monoisotopic (exact) mass is 506 g/mol. The molecule has 166 valence electrons. The van der Waals surface area contributed by atoms with E-state index in [9.17, 15) is 19.2 Å². The van der Waals surface area contributed by atoms with Crippen LogP contribution in [0.5, 0.6) is 0 Å². The molecule has 8 heteroatoms. The molecule has 3 aromatic rings. The molecule has 1 atom stereocenters. The molecule has 1 aliphatic heterocycles. The van der Waals surface area contributed by atoms with E-state index in [1.807, 2.05) is 6.07 Å². The molecular formula is C25H19BrN2O5. The van der Waals surface area contributed by atoms with Crippen LogP contribution in [0.1, 0.15) is 26.3 Å². The fraction of sp³-hybridized carbons (Fsp3) is 0.120. The summed E-state index contributed by atoms with van der Waals surface area (Å²) in [6, 6.07) is 21.1. The van der Waals surface area contributed by atoms with E-state index in [0.717, 1.165) is 14.9 Å². The molecule has 0 radical (unpaired) electrons. The van der Waals surface area contributed by atoms with Crippen molar-refractivity contribution in [1.82, 2.24) is 4.90 Å². The van der Waals surface area contributed by atoms with Gasteiger partial charge in [-0.05, 0) is 42.0 Å². The molecule has 7 nitrogen and oxygen atoms in total. The van der Waals surface area contributed by atoms with Crippen LogP contribution in [0.3, 0.4) is 0 Å². The first-order chi connectivity index (χ1) is 15.9. The van der Waals surface area contributed by atoms with E-state index in [1.54, 1.807) is 72.8 Å². The van der Waals surface area contributed by atoms with Crippen molar-refractivity contribution in [3.63, 3.8) is 0 Å². The van der Waals surface area contributed by atoms with Gasteiger partial charge in [0.25, 0.3) is 17.7 Å². The lowest BCUT2D eigenvalue weighted by molar-refractivity contribution is -0.151. The number of imide groups is 1. The van der Waals surface area contributed by atoms with Crippen LogP contribution >= 0.6 is 15.9 Å². The second-order valence-electron chi connectivity index (χ2n) is 7.39. The highest BCUT2D eigenvalue weighted by Crippen LogP contribution is 2.26. The molecule has 0 unspecified atom stereocenters. The molecule has 3 aromatic carbocycles. The first kappa shape index (κ1) is 22.4. The molecule has 3 amide bonds. The standard InChI is InChI=1S/C25H19BrN2O5/c26-17-10-12-18(13-11-17)27-22(29)15-33-25(32)21(14-16-6-2-1-3-7-16)28-23(30)19-8-4-5-9-20(19)24(28)31/h1-13,21H,14-15H2,(H,27,29)/t21-/m0/s1. The van der Waals surface area contributed by atoms with Crippen molar-refractivity contribution < 1.29 is 23.9 Å². The highest BCUT2D eigenvalue weighted by molar-refractivity contribution is 9.10. The second-order valence-corrected chi connectivity index (χ2v) is 8.31. The molecule has 1 heterocycles. The van der Waals surface area contributed by atoms with Crippen molar-refractivity contribution in [2.24, 2.45) is 0 Å². The Labute approximate surface area is 198 Å². The third kappa shape index (κ3) is 5.01. The maximum Gasteiger partial charge on any atom is 0.330 e. The van der Waals surface area contributed by atoms with Gasteiger partial charge in [0.05, 0.1) is 11.1 Å². The number of nitrogens with one attached hydrogen (secondary N) is 1. The van der Waals surface area contributed by atoms with Crippen LogP contribution in [0.4, 0.5) is 5.69 Å². The molecule has 0 saturated carbocycles. The van der Waals surface area contributed by atoms with Crippen LogP contribution in [0.15, 0.2) is 83.3 Å². The van der Waals surface area contributed by atoms with Gasteiger partial charge in [-0.15, -0.1) is 0 Å². The third-order valence-electron chi connectivity index (χ3n) is 5.15. The number of nitrogens with zero attached hydrogens (tertiary/aromatic N) is 1. The highest BCUT2D eigenvalue weighted by atomic mass is 79.9. The van der Waals surface area contributed by atoms with Gasteiger partial charge in [0.15, 0.2) is 6.61 Å². The van der Waals surface area contributed by atoms with E-state index in [2.05, 4.69) is 21.2 Å². The number of rotatable bonds is 7. The zero-order valence-corrected chi connectivity index (χ0v) is 18.9. The van der Waals surface area contributed by atoms with Gasteiger partial charge < -0.3 is 10.1 Å². The number of hydrogen-bond donors (Lipinski definition) is 1. The minimum absolute atomic E-state index is 0.0689. The summed E-state index contributed by atoms with van der Waals surface area (Å²) < 4.78 is 6.09. The average molecular weight is 507 g/mol. The van der Waals surface area contributed by atoms with Crippen molar-refractivity contribution in [3.05, 3.63) is 100 Å². The Morgan fingerprint density at radius 1 is 0.848 bits per heavy atom. The number of carbonyl (C=O) groups is 4. The van der Waals surface area contributed by atoms with Gasteiger partial charge in [-0.25, -0.2) is 4.79 Å². The summed E-state index contributed by atoms with van der Waals surface area (Å²) in [4.78, 5) is 52.1. The zero-order valence-electron chi connectivity index (χ0n) is 17.4. The molecule has 0 bridgehead atoms. The van der Waals surface area contributed by atoms with E-state index in [-0.39, 0.29) is 17.5 Å². The summed E-state index contributed by atoms with van der Waals surface area (Å²) in [7, 11) is 0. The van der Waals surface area contributed by atoms with Crippen molar-refractivity contribution in [1.29, 1.82) is 0 Å². The fourth-order valence-corrected chi connectivity index (χ4v) is 3.84. The van der Waals surface area contributed by atoms with E-state index in [0.29, 0.717) is 5.69 Å². The van der Waals surface area contributed by atoms with Gasteiger partial charge in [0, 0.05) is 16.6 Å². The molecule has 0 fully saturated rings. The summed E-state index contributed by atoms with van der Waals surface area (Å²) >= 11 is 3.32. The lowest BCUT2D eigenvalue weighted by atomic mass is 10.0. The maximum atomic E-state index is 13.0. The van der Waals surface area contributed by atoms with Crippen molar-refractivity contribution in [2.75, 3.05) is 11.9 Å². The number of anilines is 1. The average Bonchev–Trinajstić information content (AvgIpc) is 3.08. The minimum atomic E-state index is -1.21. The molecule has 4 rings (SSSR count). The summed E-state index contributed by atoms with van der Waals surface area (Å²) in [5.41, 5.74) is 1.76. The molecule has 0 aliphatic carbocycles. The number of esters is 1. The molecule has 0 aromatic heterocycles. The van der Waals surface area contributed by atoms with Crippen LogP contribution < -0.4 is 5.32 Å². The van der Waals surface area contributed by atoms with Gasteiger partial charge in [0.1, 0.15) is 6.04 Å². The van der Waals surface area contributed by atoms with Gasteiger partial charge in [-0.1, -0.05) is 58.4 Å². The van der Waals surface area contributed by atoms with E-state index < -0.39 is 36.3 Å². The van der Waals surface area contributed by atoms with Gasteiger partial charge in [-0.2, -0.15) is 0 Å². The normalized spacial score (nSPS) is 13.4. The smallest absolute Gasteiger partial charge is 0.330 e. The lowest BCUT2D eigenvalue weighted by Gasteiger charge is -2.24.